The average molecular weight is 298 g/mol. The summed E-state index contributed by atoms with van der Waals surface area (Å²) in [6.45, 7) is 0. The van der Waals surface area contributed by atoms with E-state index in [-0.39, 0.29) is 10.8 Å². The summed E-state index contributed by atoms with van der Waals surface area (Å²) in [5, 5.41) is 0.215. The van der Waals surface area contributed by atoms with E-state index in [0.29, 0.717) is 5.82 Å². The van der Waals surface area contributed by atoms with Crippen LogP contribution in [0, 0.1) is 0 Å². The third-order valence-electron chi connectivity index (χ3n) is 3.10. The van der Waals surface area contributed by atoms with Crippen LogP contribution in [0.5, 0.6) is 0 Å². The molecule has 1 aromatic heterocycles. The number of primary amides is 1. The van der Waals surface area contributed by atoms with Crippen molar-refractivity contribution in [2.45, 2.75) is 0 Å². The zero-order chi connectivity index (χ0) is 14.8. The summed E-state index contributed by atoms with van der Waals surface area (Å²) >= 11 is 6.31. The number of para-hydroxylation sites is 1. The molecule has 0 saturated heterocycles. The SMILES string of the molecule is NC(=O)c1nc(-c2ccccc2)n(-c2ccccc2)c1Cl. The number of carbonyl (C=O) groups excluding carboxylic acids is 1. The molecular weight excluding hydrogens is 286 g/mol. The second-order valence-corrected chi connectivity index (χ2v) is 4.83. The molecule has 0 spiro atoms. The van der Waals surface area contributed by atoms with Crippen LogP contribution in [-0.4, -0.2) is 15.5 Å². The Bertz CT molecular complexity index is 782. The van der Waals surface area contributed by atoms with Crippen molar-refractivity contribution in [3.63, 3.8) is 0 Å². The smallest absolute Gasteiger partial charge is 0.270 e. The van der Waals surface area contributed by atoms with Crippen LogP contribution in [0.4, 0.5) is 0 Å². The molecule has 1 amide bonds. The van der Waals surface area contributed by atoms with E-state index in [9.17, 15) is 4.79 Å². The number of nitrogens with zero attached hydrogens (tertiary/aromatic N) is 2. The van der Waals surface area contributed by atoms with Gasteiger partial charge in [-0.1, -0.05) is 60.1 Å². The number of amides is 1. The molecular formula is C16H12ClN3O. The second-order valence-electron chi connectivity index (χ2n) is 4.48. The molecule has 2 N–H and O–H groups in total. The third kappa shape index (κ3) is 2.41. The summed E-state index contributed by atoms with van der Waals surface area (Å²) in [5.41, 5.74) is 7.10. The molecule has 1 heterocycles. The maximum Gasteiger partial charge on any atom is 0.270 e. The van der Waals surface area contributed by atoms with E-state index in [4.69, 9.17) is 17.3 Å². The molecule has 0 aliphatic heterocycles. The van der Waals surface area contributed by atoms with Crippen molar-refractivity contribution >= 4 is 17.5 Å². The first-order valence-corrected chi connectivity index (χ1v) is 6.75. The van der Waals surface area contributed by atoms with Crippen LogP contribution in [0.1, 0.15) is 10.5 Å². The maximum absolute atomic E-state index is 11.5. The monoisotopic (exact) mass is 297 g/mol. The summed E-state index contributed by atoms with van der Waals surface area (Å²) in [6.07, 6.45) is 0. The molecule has 0 fully saturated rings. The standard InChI is InChI=1S/C16H12ClN3O/c17-14-13(15(18)21)19-16(11-7-3-1-4-8-11)20(14)12-9-5-2-6-10-12/h1-10H,(H2,18,21). The van der Waals surface area contributed by atoms with Crippen molar-refractivity contribution in [1.82, 2.24) is 9.55 Å². The van der Waals surface area contributed by atoms with Crippen molar-refractivity contribution in [3.8, 4) is 17.1 Å². The van der Waals surface area contributed by atoms with Gasteiger partial charge in [0.2, 0.25) is 0 Å². The maximum atomic E-state index is 11.5. The van der Waals surface area contributed by atoms with Gasteiger partial charge in [-0.2, -0.15) is 0 Å². The predicted molar refractivity (Wildman–Crippen MR) is 82.5 cm³/mol. The van der Waals surface area contributed by atoms with E-state index in [1.54, 1.807) is 4.57 Å². The second kappa shape index (κ2) is 5.42. The zero-order valence-corrected chi connectivity index (χ0v) is 11.8. The van der Waals surface area contributed by atoms with Gasteiger partial charge >= 0.3 is 0 Å². The Morgan fingerprint density at radius 2 is 1.57 bits per heavy atom. The number of nitrogens with two attached hydrogens (primary N) is 1. The Labute approximate surface area is 126 Å². The van der Waals surface area contributed by atoms with Crippen LogP contribution >= 0.6 is 11.6 Å². The number of hydrogen-bond donors (Lipinski definition) is 1. The molecule has 21 heavy (non-hydrogen) atoms. The van der Waals surface area contributed by atoms with Crippen LogP contribution < -0.4 is 5.73 Å². The van der Waals surface area contributed by atoms with Gasteiger partial charge in [-0.05, 0) is 12.1 Å². The fourth-order valence-electron chi connectivity index (χ4n) is 2.15. The van der Waals surface area contributed by atoms with Crippen LogP contribution in [0.3, 0.4) is 0 Å². The van der Waals surface area contributed by atoms with Crippen molar-refractivity contribution in [3.05, 3.63) is 71.5 Å². The van der Waals surface area contributed by atoms with Crippen molar-refractivity contribution in [2.75, 3.05) is 0 Å². The zero-order valence-electron chi connectivity index (χ0n) is 11.0. The Kier molecular flexibility index (Phi) is 3.46. The summed E-state index contributed by atoms with van der Waals surface area (Å²) in [6, 6.07) is 19.0. The Balaban J connectivity index is 2.29. The Morgan fingerprint density at radius 1 is 1.00 bits per heavy atom. The number of hydrogen-bond acceptors (Lipinski definition) is 2. The lowest BCUT2D eigenvalue weighted by Gasteiger charge is -2.09. The molecule has 104 valence electrons. The van der Waals surface area contributed by atoms with Gasteiger partial charge in [0.05, 0.1) is 0 Å². The van der Waals surface area contributed by atoms with Gasteiger partial charge in [0.25, 0.3) is 5.91 Å². The fraction of sp³-hybridized carbons (Fsp3) is 0. The van der Waals surface area contributed by atoms with Crippen LogP contribution in [0.2, 0.25) is 5.15 Å². The predicted octanol–water partition coefficient (Wildman–Crippen LogP) is 3.29. The van der Waals surface area contributed by atoms with Crippen LogP contribution in [-0.2, 0) is 0 Å². The van der Waals surface area contributed by atoms with Crippen molar-refractivity contribution < 1.29 is 4.79 Å². The quantitative estimate of drug-likeness (QED) is 0.806. The number of imidazole rings is 1. The van der Waals surface area contributed by atoms with Gasteiger partial charge in [-0.25, -0.2) is 4.98 Å². The third-order valence-corrected chi connectivity index (χ3v) is 3.45. The van der Waals surface area contributed by atoms with E-state index in [1.807, 2.05) is 60.7 Å². The van der Waals surface area contributed by atoms with E-state index in [0.717, 1.165) is 11.3 Å². The highest BCUT2D eigenvalue weighted by molar-refractivity contribution is 6.33. The van der Waals surface area contributed by atoms with Crippen molar-refractivity contribution in [2.24, 2.45) is 5.73 Å². The fourth-order valence-corrected chi connectivity index (χ4v) is 2.46. The lowest BCUT2D eigenvalue weighted by atomic mass is 10.2. The molecule has 0 bridgehead atoms. The molecule has 3 aromatic rings. The highest BCUT2D eigenvalue weighted by Gasteiger charge is 2.21. The lowest BCUT2D eigenvalue weighted by molar-refractivity contribution is 0.0996. The van der Waals surface area contributed by atoms with Gasteiger partial charge in [-0.15, -0.1) is 0 Å². The van der Waals surface area contributed by atoms with Crippen LogP contribution in [0.25, 0.3) is 17.1 Å². The first kappa shape index (κ1) is 13.4. The summed E-state index contributed by atoms with van der Waals surface area (Å²) in [4.78, 5) is 15.8. The van der Waals surface area contributed by atoms with Gasteiger partial charge in [0.15, 0.2) is 5.69 Å². The molecule has 0 radical (unpaired) electrons. The summed E-state index contributed by atoms with van der Waals surface area (Å²) in [5.74, 6) is -0.0625. The molecule has 5 heteroatoms. The van der Waals surface area contributed by atoms with E-state index in [2.05, 4.69) is 4.98 Å². The molecule has 0 unspecified atom stereocenters. The van der Waals surface area contributed by atoms with Crippen LogP contribution in [0.15, 0.2) is 60.7 Å². The number of halogens is 1. The normalized spacial score (nSPS) is 10.5. The molecule has 2 aromatic carbocycles. The Morgan fingerprint density at radius 3 is 2.14 bits per heavy atom. The molecule has 0 saturated carbocycles. The van der Waals surface area contributed by atoms with Gasteiger partial charge in [0.1, 0.15) is 11.0 Å². The molecule has 0 atom stereocenters. The molecule has 4 nitrogen and oxygen atoms in total. The first-order chi connectivity index (χ1) is 10.2. The summed E-state index contributed by atoms with van der Waals surface area (Å²) < 4.78 is 1.72. The molecule has 0 aliphatic rings. The average Bonchev–Trinajstić information content (AvgIpc) is 2.87. The lowest BCUT2D eigenvalue weighted by Crippen LogP contribution is -2.12. The number of benzene rings is 2. The first-order valence-electron chi connectivity index (χ1n) is 6.37. The molecule has 0 aliphatic carbocycles. The molecule has 3 rings (SSSR count). The number of carbonyl (C=O) groups is 1. The number of rotatable bonds is 3. The number of aromatic nitrogens is 2. The van der Waals surface area contributed by atoms with Gasteiger partial charge < -0.3 is 5.73 Å². The van der Waals surface area contributed by atoms with Gasteiger partial charge in [0, 0.05) is 11.3 Å². The Hall–Kier alpha value is -2.59. The topological polar surface area (TPSA) is 60.9 Å². The minimum atomic E-state index is -0.646. The minimum absolute atomic E-state index is 0.0689. The van der Waals surface area contributed by atoms with E-state index in [1.165, 1.54) is 0 Å². The largest absolute Gasteiger partial charge is 0.364 e. The highest BCUT2D eigenvalue weighted by Crippen LogP contribution is 2.29. The van der Waals surface area contributed by atoms with E-state index < -0.39 is 5.91 Å². The van der Waals surface area contributed by atoms with E-state index >= 15 is 0 Å². The highest BCUT2D eigenvalue weighted by atomic mass is 35.5. The summed E-state index contributed by atoms with van der Waals surface area (Å²) in [7, 11) is 0. The van der Waals surface area contributed by atoms with Gasteiger partial charge in [-0.3, -0.25) is 9.36 Å². The van der Waals surface area contributed by atoms with Crippen molar-refractivity contribution in [1.29, 1.82) is 0 Å². The minimum Gasteiger partial charge on any atom is -0.364 e.